The number of nitrogens with one attached hydrogen (secondary N) is 1. The van der Waals surface area contributed by atoms with E-state index in [1.807, 2.05) is 35.7 Å². The van der Waals surface area contributed by atoms with Crippen LogP contribution in [0.1, 0.15) is 22.5 Å². The number of carbonyl (C=O) groups is 2. The molecule has 2 aromatic heterocycles. The molecular formula is C18H16N2O4S. The van der Waals surface area contributed by atoms with Crippen molar-refractivity contribution < 1.29 is 18.8 Å². The third-order valence-electron chi connectivity index (χ3n) is 3.40. The van der Waals surface area contributed by atoms with Gasteiger partial charge in [0.2, 0.25) is 0 Å². The van der Waals surface area contributed by atoms with Gasteiger partial charge in [-0.05, 0) is 11.4 Å². The molecular weight excluding hydrogens is 340 g/mol. The number of hydrogen-bond acceptors (Lipinski definition) is 6. The third-order valence-corrected chi connectivity index (χ3v) is 4.09. The lowest BCUT2D eigenvalue weighted by Crippen LogP contribution is -2.26. The zero-order chi connectivity index (χ0) is 17.5. The van der Waals surface area contributed by atoms with E-state index in [0.29, 0.717) is 17.0 Å². The van der Waals surface area contributed by atoms with Crippen molar-refractivity contribution in [1.29, 1.82) is 0 Å². The van der Waals surface area contributed by atoms with Crippen LogP contribution in [0.5, 0.6) is 0 Å². The van der Waals surface area contributed by atoms with Crippen LogP contribution in [0.4, 0.5) is 0 Å². The van der Waals surface area contributed by atoms with E-state index in [9.17, 15) is 9.59 Å². The number of aromatic nitrogens is 1. The predicted octanol–water partition coefficient (Wildman–Crippen LogP) is 3.27. The van der Waals surface area contributed by atoms with Gasteiger partial charge in [-0.25, -0.2) is 0 Å². The SMILES string of the molecule is O=C(CCNC(=O)c1ccsc1)OCc1cc(-c2ccccc2)no1. The zero-order valence-electron chi connectivity index (χ0n) is 13.3. The first-order chi connectivity index (χ1) is 12.2. The van der Waals surface area contributed by atoms with Crippen LogP contribution >= 0.6 is 11.3 Å². The minimum absolute atomic E-state index is 0.0111. The normalized spacial score (nSPS) is 10.4. The molecule has 0 radical (unpaired) electrons. The van der Waals surface area contributed by atoms with Crippen LogP contribution in [-0.2, 0) is 16.1 Å². The fourth-order valence-corrected chi connectivity index (χ4v) is 2.76. The molecule has 0 fully saturated rings. The Morgan fingerprint density at radius 1 is 1.20 bits per heavy atom. The van der Waals surface area contributed by atoms with Gasteiger partial charge in [0.25, 0.3) is 5.91 Å². The van der Waals surface area contributed by atoms with Crippen molar-refractivity contribution in [3.05, 3.63) is 64.5 Å². The number of benzene rings is 1. The molecule has 2 heterocycles. The van der Waals surface area contributed by atoms with Crippen LogP contribution in [-0.4, -0.2) is 23.6 Å². The van der Waals surface area contributed by atoms with Crippen LogP contribution < -0.4 is 5.32 Å². The summed E-state index contributed by atoms with van der Waals surface area (Å²) in [4.78, 5) is 23.5. The van der Waals surface area contributed by atoms with Crippen LogP contribution in [0, 0.1) is 0 Å². The lowest BCUT2D eigenvalue weighted by molar-refractivity contribution is -0.145. The molecule has 1 N–H and O–H groups in total. The Morgan fingerprint density at radius 2 is 2.04 bits per heavy atom. The second-order valence-corrected chi connectivity index (χ2v) is 6.00. The number of esters is 1. The summed E-state index contributed by atoms with van der Waals surface area (Å²) in [5.41, 5.74) is 2.21. The van der Waals surface area contributed by atoms with E-state index >= 15 is 0 Å². The van der Waals surface area contributed by atoms with Crippen molar-refractivity contribution in [3.8, 4) is 11.3 Å². The van der Waals surface area contributed by atoms with E-state index in [4.69, 9.17) is 9.26 Å². The molecule has 25 heavy (non-hydrogen) atoms. The van der Waals surface area contributed by atoms with Gasteiger partial charge >= 0.3 is 5.97 Å². The zero-order valence-corrected chi connectivity index (χ0v) is 14.1. The number of amides is 1. The minimum Gasteiger partial charge on any atom is -0.457 e. The van der Waals surface area contributed by atoms with Gasteiger partial charge in [0, 0.05) is 29.1 Å². The van der Waals surface area contributed by atoms with Gasteiger partial charge in [-0.3, -0.25) is 9.59 Å². The van der Waals surface area contributed by atoms with Crippen molar-refractivity contribution in [2.45, 2.75) is 13.0 Å². The third kappa shape index (κ3) is 4.77. The topological polar surface area (TPSA) is 81.4 Å². The molecule has 6 nitrogen and oxygen atoms in total. The van der Waals surface area contributed by atoms with Gasteiger partial charge in [-0.15, -0.1) is 0 Å². The molecule has 1 aromatic carbocycles. The molecule has 0 aliphatic rings. The first-order valence-corrected chi connectivity index (χ1v) is 8.63. The maximum absolute atomic E-state index is 11.7. The molecule has 3 aromatic rings. The van der Waals surface area contributed by atoms with E-state index in [1.165, 1.54) is 11.3 Å². The molecule has 128 valence electrons. The van der Waals surface area contributed by atoms with Gasteiger partial charge in [-0.2, -0.15) is 11.3 Å². The summed E-state index contributed by atoms with van der Waals surface area (Å²) in [5, 5.41) is 10.2. The molecule has 1 amide bonds. The Labute approximate surface area is 148 Å². The summed E-state index contributed by atoms with van der Waals surface area (Å²) < 4.78 is 10.3. The number of carbonyl (C=O) groups excluding carboxylic acids is 2. The fraction of sp³-hybridized carbons (Fsp3) is 0.167. The van der Waals surface area contributed by atoms with Crippen LogP contribution in [0.15, 0.2) is 57.7 Å². The molecule has 0 saturated carbocycles. The van der Waals surface area contributed by atoms with E-state index < -0.39 is 5.97 Å². The summed E-state index contributed by atoms with van der Waals surface area (Å²) in [6.45, 7) is 0.232. The average molecular weight is 356 g/mol. The predicted molar refractivity (Wildman–Crippen MR) is 93.0 cm³/mol. The molecule has 7 heteroatoms. The van der Waals surface area contributed by atoms with E-state index in [1.54, 1.807) is 17.5 Å². The molecule has 0 aliphatic heterocycles. The summed E-state index contributed by atoms with van der Waals surface area (Å²) in [6, 6.07) is 13.0. The van der Waals surface area contributed by atoms with Crippen molar-refractivity contribution >= 4 is 23.2 Å². The Hall–Kier alpha value is -2.93. The maximum atomic E-state index is 11.7. The monoisotopic (exact) mass is 356 g/mol. The maximum Gasteiger partial charge on any atom is 0.308 e. The van der Waals surface area contributed by atoms with Crippen molar-refractivity contribution in [2.75, 3.05) is 6.54 Å². The highest BCUT2D eigenvalue weighted by molar-refractivity contribution is 7.08. The highest BCUT2D eigenvalue weighted by atomic mass is 32.1. The standard InChI is InChI=1S/C18H16N2O4S/c21-17(6-8-19-18(22)14-7-9-25-12-14)23-11-15-10-16(20-24-15)13-4-2-1-3-5-13/h1-5,7,9-10,12H,6,8,11H2,(H,19,22). The van der Waals surface area contributed by atoms with Crippen LogP contribution in [0.3, 0.4) is 0 Å². The number of nitrogens with zero attached hydrogens (tertiary/aromatic N) is 1. The summed E-state index contributed by atoms with van der Waals surface area (Å²) >= 11 is 1.44. The largest absolute Gasteiger partial charge is 0.457 e. The minimum atomic E-state index is -0.414. The quantitative estimate of drug-likeness (QED) is 0.657. The number of ether oxygens (including phenoxy) is 1. The molecule has 0 aliphatic carbocycles. The lowest BCUT2D eigenvalue weighted by atomic mass is 10.1. The molecule has 0 spiro atoms. The molecule has 0 unspecified atom stereocenters. The molecule has 0 bridgehead atoms. The summed E-state index contributed by atoms with van der Waals surface area (Å²) in [6.07, 6.45) is 0.0928. The highest BCUT2D eigenvalue weighted by Gasteiger charge is 2.10. The van der Waals surface area contributed by atoms with Gasteiger partial charge in [0.05, 0.1) is 6.42 Å². The average Bonchev–Trinajstić information content (AvgIpc) is 3.32. The number of thiophene rings is 1. The Kier molecular flexibility index (Phi) is 5.58. The van der Waals surface area contributed by atoms with E-state index in [-0.39, 0.29) is 25.5 Å². The molecule has 0 atom stereocenters. The first kappa shape index (κ1) is 16.9. The van der Waals surface area contributed by atoms with E-state index in [2.05, 4.69) is 10.5 Å². The number of rotatable bonds is 7. The van der Waals surface area contributed by atoms with Gasteiger partial charge in [0.15, 0.2) is 12.4 Å². The Balaban J connectivity index is 1.41. The fourth-order valence-electron chi connectivity index (χ4n) is 2.12. The van der Waals surface area contributed by atoms with E-state index in [0.717, 1.165) is 5.56 Å². The van der Waals surface area contributed by atoms with Crippen LogP contribution in [0.2, 0.25) is 0 Å². The van der Waals surface area contributed by atoms with Crippen molar-refractivity contribution in [1.82, 2.24) is 10.5 Å². The highest BCUT2D eigenvalue weighted by Crippen LogP contribution is 2.18. The second kappa shape index (κ2) is 8.25. The summed E-state index contributed by atoms with van der Waals surface area (Å²) in [5.74, 6) is -0.144. The van der Waals surface area contributed by atoms with Gasteiger partial charge in [0.1, 0.15) is 5.69 Å². The lowest BCUT2D eigenvalue weighted by Gasteiger charge is -2.04. The molecule has 0 saturated heterocycles. The first-order valence-electron chi connectivity index (χ1n) is 7.69. The van der Waals surface area contributed by atoms with Crippen LogP contribution in [0.25, 0.3) is 11.3 Å². The number of hydrogen-bond donors (Lipinski definition) is 1. The Morgan fingerprint density at radius 3 is 2.80 bits per heavy atom. The van der Waals surface area contributed by atoms with Gasteiger partial charge < -0.3 is 14.6 Å². The molecule has 3 rings (SSSR count). The second-order valence-electron chi connectivity index (χ2n) is 5.22. The smallest absolute Gasteiger partial charge is 0.308 e. The summed E-state index contributed by atoms with van der Waals surface area (Å²) in [7, 11) is 0. The van der Waals surface area contributed by atoms with Crippen molar-refractivity contribution in [3.63, 3.8) is 0 Å². The van der Waals surface area contributed by atoms with Crippen molar-refractivity contribution in [2.24, 2.45) is 0 Å². The van der Waals surface area contributed by atoms with Gasteiger partial charge in [-0.1, -0.05) is 35.5 Å². The Bertz CT molecular complexity index is 828.